The number of hydrogen-bond acceptors (Lipinski definition) is 6. The Morgan fingerprint density at radius 1 is 1.16 bits per heavy atom. The Kier molecular flexibility index (Phi) is 6.44. The molecular formula is C23H23Br2NO5. The van der Waals surface area contributed by atoms with E-state index in [1.807, 2.05) is 25.2 Å². The molecule has 6 nitrogen and oxygen atoms in total. The normalized spacial score (nSPS) is 19.2. The van der Waals surface area contributed by atoms with Crippen LogP contribution in [-0.4, -0.2) is 50.5 Å². The monoisotopic (exact) mass is 551 g/mol. The van der Waals surface area contributed by atoms with E-state index in [1.165, 1.54) is 13.2 Å². The molecule has 2 aromatic carbocycles. The van der Waals surface area contributed by atoms with Crippen LogP contribution in [0.25, 0.3) is 22.3 Å². The van der Waals surface area contributed by atoms with Gasteiger partial charge in [0.25, 0.3) is 0 Å². The summed E-state index contributed by atoms with van der Waals surface area (Å²) in [5, 5.41) is 10.4. The molecule has 0 spiro atoms. The Balaban J connectivity index is 2.06. The highest BCUT2D eigenvalue weighted by molar-refractivity contribution is 9.11. The van der Waals surface area contributed by atoms with Gasteiger partial charge in [0.05, 0.1) is 20.8 Å². The molecule has 3 aromatic rings. The smallest absolute Gasteiger partial charge is 0.197 e. The zero-order chi connectivity index (χ0) is 22.3. The van der Waals surface area contributed by atoms with E-state index in [0.29, 0.717) is 28.2 Å². The van der Waals surface area contributed by atoms with Gasteiger partial charge in [0.2, 0.25) is 0 Å². The standard InChI is InChI=1S/C23H23Br2NO5/c1-26-7-6-14(16(26)11-27)21-19(29-2)10-20(30-3)22-17(28)9-18(31-23(21)22)13-5-4-12(24)8-15(13)25/h4-5,8-10,14,16,27H,6-7,11H2,1-3H3. The van der Waals surface area contributed by atoms with Crippen molar-refractivity contribution < 1.29 is 19.0 Å². The van der Waals surface area contributed by atoms with Crippen molar-refractivity contribution in [2.24, 2.45) is 0 Å². The molecule has 0 saturated carbocycles. The second-order valence-electron chi connectivity index (χ2n) is 7.62. The molecule has 2 unspecified atom stereocenters. The largest absolute Gasteiger partial charge is 0.496 e. The van der Waals surface area contributed by atoms with Crippen molar-refractivity contribution in [2.75, 3.05) is 34.4 Å². The summed E-state index contributed by atoms with van der Waals surface area (Å²) in [5.41, 5.74) is 1.79. The van der Waals surface area contributed by atoms with Gasteiger partial charge in [-0.25, -0.2) is 0 Å². The van der Waals surface area contributed by atoms with E-state index in [0.717, 1.165) is 33.0 Å². The number of hydrogen-bond donors (Lipinski definition) is 1. The third-order valence-corrected chi connectivity index (χ3v) is 7.13. The summed E-state index contributed by atoms with van der Waals surface area (Å²) in [6.07, 6.45) is 0.815. The van der Waals surface area contributed by atoms with E-state index in [9.17, 15) is 9.90 Å². The average molecular weight is 553 g/mol. The lowest BCUT2D eigenvalue weighted by Gasteiger charge is -2.25. The maximum atomic E-state index is 13.2. The fraction of sp³-hybridized carbons (Fsp3) is 0.348. The first-order valence-electron chi connectivity index (χ1n) is 9.88. The first kappa shape index (κ1) is 22.3. The highest BCUT2D eigenvalue weighted by Crippen LogP contribution is 2.45. The molecule has 2 atom stereocenters. The maximum Gasteiger partial charge on any atom is 0.197 e. The van der Waals surface area contributed by atoms with Gasteiger partial charge in [0.15, 0.2) is 5.43 Å². The zero-order valence-electron chi connectivity index (χ0n) is 17.4. The lowest BCUT2D eigenvalue weighted by molar-refractivity contribution is 0.171. The second-order valence-corrected chi connectivity index (χ2v) is 9.39. The molecule has 1 N–H and O–H groups in total. The van der Waals surface area contributed by atoms with Crippen molar-refractivity contribution in [3.63, 3.8) is 0 Å². The molecule has 0 bridgehead atoms. The van der Waals surface area contributed by atoms with E-state index in [2.05, 4.69) is 36.8 Å². The predicted octanol–water partition coefficient (Wildman–Crippen LogP) is 4.78. The first-order chi connectivity index (χ1) is 14.9. The number of fused-ring (bicyclic) bond motifs is 1. The number of likely N-dealkylation sites (tertiary alicyclic amines) is 1. The molecule has 1 aliphatic heterocycles. The highest BCUT2D eigenvalue weighted by atomic mass is 79.9. The van der Waals surface area contributed by atoms with Gasteiger partial charge in [0, 0.05) is 44.2 Å². The molecule has 1 fully saturated rings. The molecule has 1 saturated heterocycles. The fourth-order valence-corrected chi connectivity index (χ4v) is 5.65. The number of rotatable bonds is 5. The van der Waals surface area contributed by atoms with Crippen LogP contribution < -0.4 is 14.9 Å². The van der Waals surface area contributed by atoms with E-state index in [1.54, 1.807) is 13.2 Å². The molecule has 1 aliphatic rings. The van der Waals surface area contributed by atoms with Gasteiger partial charge >= 0.3 is 0 Å². The third-order valence-electron chi connectivity index (χ3n) is 5.98. The average Bonchev–Trinajstić information content (AvgIpc) is 3.12. The van der Waals surface area contributed by atoms with Crippen molar-refractivity contribution in [1.29, 1.82) is 0 Å². The van der Waals surface area contributed by atoms with Crippen molar-refractivity contribution in [3.05, 3.63) is 55.1 Å². The van der Waals surface area contributed by atoms with Crippen molar-refractivity contribution in [1.82, 2.24) is 4.90 Å². The summed E-state index contributed by atoms with van der Waals surface area (Å²) < 4.78 is 19.3. The Morgan fingerprint density at radius 2 is 1.90 bits per heavy atom. The summed E-state index contributed by atoms with van der Waals surface area (Å²) >= 11 is 7.01. The number of aliphatic hydroxyl groups excluding tert-OH is 1. The minimum absolute atomic E-state index is 0.0000264. The Labute approximate surface area is 197 Å². The molecule has 0 amide bonds. The number of aliphatic hydroxyl groups is 1. The van der Waals surface area contributed by atoms with Crippen molar-refractivity contribution in [2.45, 2.75) is 18.4 Å². The lowest BCUT2D eigenvalue weighted by Crippen LogP contribution is -2.32. The number of halogens is 2. The van der Waals surface area contributed by atoms with Crippen molar-refractivity contribution in [3.8, 4) is 22.8 Å². The topological polar surface area (TPSA) is 72.1 Å². The van der Waals surface area contributed by atoms with Gasteiger partial charge in [-0.15, -0.1) is 0 Å². The summed E-state index contributed by atoms with van der Waals surface area (Å²) in [4.78, 5) is 15.4. The summed E-state index contributed by atoms with van der Waals surface area (Å²) in [6.45, 7) is 0.828. The lowest BCUT2D eigenvalue weighted by atomic mass is 9.89. The second kappa shape index (κ2) is 8.94. The Hall–Kier alpha value is -1.87. The molecule has 31 heavy (non-hydrogen) atoms. The van der Waals surface area contributed by atoms with E-state index < -0.39 is 0 Å². The Bertz CT molecular complexity index is 1190. The molecule has 8 heteroatoms. The zero-order valence-corrected chi connectivity index (χ0v) is 20.6. The summed E-state index contributed by atoms with van der Waals surface area (Å²) in [6, 6.07) is 8.80. The van der Waals surface area contributed by atoms with E-state index >= 15 is 0 Å². The number of likely N-dealkylation sites (N-methyl/N-ethyl adjacent to an activating group) is 1. The molecule has 164 valence electrons. The molecule has 0 aliphatic carbocycles. The Morgan fingerprint density at radius 3 is 2.55 bits per heavy atom. The minimum atomic E-state index is -0.196. The van der Waals surface area contributed by atoms with Gasteiger partial charge in [-0.1, -0.05) is 15.9 Å². The number of ether oxygens (including phenoxy) is 2. The van der Waals surface area contributed by atoms with Gasteiger partial charge in [-0.3, -0.25) is 4.79 Å². The van der Waals surface area contributed by atoms with Crippen LogP contribution in [0.15, 0.2) is 48.5 Å². The molecule has 4 rings (SSSR count). The van der Waals surface area contributed by atoms with Crippen LogP contribution in [0.5, 0.6) is 11.5 Å². The number of benzene rings is 2. The first-order valence-corrected chi connectivity index (χ1v) is 11.5. The number of methoxy groups -OCH3 is 2. The van der Waals surface area contributed by atoms with Crippen LogP contribution in [-0.2, 0) is 0 Å². The quantitative estimate of drug-likeness (QED) is 0.491. The predicted molar refractivity (Wildman–Crippen MR) is 127 cm³/mol. The molecule has 1 aromatic heterocycles. The van der Waals surface area contributed by atoms with Gasteiger partial charge < -0.3 is 23.9 Å². The summed E-state index contributed by atoms with van der Waals surface area (Å²) in [5.74, 6) is 1.38. The van der Waals surface area contributed by atoms with E-state index in [-0.39, 0.29) is 24.0 Å². The number of nitrogens with zero attached hydrogens (tertiary/aromatic N) is 1. The maximum absolute atomic E-state index is 13.2. The third kappa shape index (κ3) is 3.91. The fourth-order valence-electron chi connectivity index (χ4n) is 4.41. The van der Waals surface area contributed by atoms with Gasteiger partial charge in [-0.05, 0) is 54.1 Å². The van der Waals surface area contributed by atoms with Crippen molar-refractivity contribution >= 4 is 42.8 Å². The van der Waals surface area contributed by atoms with Gasteiger partial charge in [-0.2, -0.15) is 0 Å². The molecular weight excluding hydrogens is 530 g/mol. The highest BCUT2D eigenvalue weighted by Gasteiger charge is 2.37. The van der Waals surface area contributed by atoms with Crippen LogP contribution >= 0.6 is 31.9 Å². The molecule has 0 radical (unpaired) electrons. The van der Waals surface area contributed by atoms with Gasteiger partial charge in [0.1, 0.15) is 28.2 Å². The summed E-state index contributed by atoms with van der Waals surface area (Å²) in [7, 11) is 5.09. The van der Waals surface area contributed by atoms with Crippen LogP contribution in [0.2, 0.25) is 0 Å². The SMILES string of the molecule is COc1cc(OC)c2c(=O)cc(-c3ccc(Br)cc3Br)oc2c1C1CCN(C)C1CO. The van der Waals surface area contributed by atoms with Crippen LogP contribution in [0.4, 0.5) is 0 Å². The van der Waals surface area contributed by atoms with Crippen LogP contribution in [0.3, 0.4) is 0 Å². The molecule has 2 heterocycles. The van der Waals surface area contributed by atoms with Crippen LogP contribution in [0, 0.1) is 0 Å². The van der Waals surface area contributed by atoms with E-state index in [4.69, 9.17) is 13.9 Å². The van der Waals surface area contributed by atoms with Crippen LogP contribution in [0.1, 0.15) is 17.9 Å². The minimum Gasteiger partial charge on any atom is -0.496 e.